The van der Waals surface area contributed by atoms with Gasteiger partial charge in [0.25, 0.3) is 0 Å². The van der Waals surface area contributed by atoms with E-state index in [1.807, 2.05) is 11.8 Å². The summed E-state index contributed by atoms with van der Waals surface area (Å²) in [5.41, 5.74) is 0.236. The fourth-order valence-corrected chi connectivity index (χ4v) is 4.61. The third-order valence-electron chi connectivity index (χ3n) is 3.77. The van der Waals surface area contributed by atoms with Gasteiger partial charge in [-0.3, -0.25) is 0 Å². The van der Waals surface area contributed by atoms with E-state index in [4.69, 9.17) is 4.74 Å². The SMILES string of the molecule is CSCCCCNC1CCOC2(CCSC2)C1. The minimum atomic E-state index is 0.236. The number of rotatable bonds is 6. The molecular formula is C13H25NOS2. The van der Waals surface area contributed by atoms with E-state index in [0.717, 1.165) is 6.61 Å². The average Bonchev–Trinajstić information content (AvgIpc) is 2.77. The molecule has 1 spiro atoms. The quantitative estimate of drug-likeness (QED) is 0.752. The van der Waals surface area contributed by atoms with Crippen LogP contribution in [-0.2, 0) is 4.74 Å². The molecule has 2 rings (SSSR count). The predicted molar refractivity (Wildman–Crippen MR) is 79.3 cm³/mol. The van der Waals surface area contributed by atoms with Gasteiger partial charge in [0.1, 0.15) is 0 Å². The van der Waals surface area contributed by atoms with Crippen molar-refractivity contribution in [1.82, 2.24) is 5.32 Å². The fourth-order valence-electron chi connectivity index (χ4n) is 2.74. The molecule has 2 saturated heterocycles. The fraction of sp³-hybridized carbons (Fsp3) is 1.00. The topological polar surface area (TPSA) is 21.3 Å². The zero-order valence-electron chi connectivity index (χ0n) is 10.9. The van der Waals surface area contributed by atoms with E-state index in [0.29, 0.717) is 6.04 Å². The van der Waals surface area contributed by atoms with Gasteiger partial charge in [-0.1, -0.05) is 0 Å². The molecule has 0 bridgehead atoms. The summed E-state index contributed by atoms with van der Waals surface area (Å²) in [5, 5.41) is 3.73. The summed E-state index contributed by atoms with van der Waals surface area (Å²) in [7, 11) is 0. The van der Waals surface area contributed by atoms with Crippen LogP contribution in [0.5, 0.6) is 0 Å². The van der Waals surface area contributed by atoms with Gasteiger partial charge in [-0.25, -0.2) is 0 Å². The van der Waals surface area contributed by atoms with Crippen LogP contribution in [0.2, 0.25) is 0 Å². The Morgan fingerprint density at radius 1 is 1.47 bits per heavy atom. The summed E-state index contributed by atoms with van der Waals surface area (Å²) in [6.45, 7) is 2.15. The van der Waals surface area contributed by atoms with Crippen LogP contribution >= 0.6 is 23.5 Å². The Kier molecular flexibility index (Phi) is 6.00. The molecule has 0 aromatic carbocycles. The van der Waals surface area contributed by atoms with Crippen molar-refractivity contribution >= 4 is 23.5 Å². The zero-order chi connectivity index (χ0) is 12.0. The van der Waals surface area contributed by atoms with Gasteiger partial charge < -0.3 is 10.1 Å². The van der Waals surface area contributed by atoms with E-state index < -0.39 is 0 Å². The number of nitrogens with one attached hydrogen (secondary N) is 1. The van der Waals surface area contributed by atoms with Gasteiger partial charge in [0.05, 0.1) is 5.60 Å². The molecule has 2 heterocycles. The standard InChI is InChI=1S/C13H25NOS2/c1-16-8-3-2-6-14-12-4-7-15-13(10-12)5-9-17-11-13/h12,14H,2-11H2,1H3. The van der Waals surface area contributed by atoms with Crippen LogP contribution in [0, 0.1) is 0 Å². The van der Waals surface area contributed by atoms with Gasteiger partial charge in [0, 0.05) is 18.4 Å². The molecule has 17 heavy (non-hydrogen) atoms. The molecule has 0 saturated carbocycles. The molecule has 1 N–H and O–H groups in total. The van der Waals surface area contributed by atoms with Crippen molar-refractivity contribution in [3.63, 3.8) is 0 Å². The van der Waals surface area contributed by atoms with Gasteiger partial charge in [0.15, 0.2) is 0 Å². The second-order valence-corrected chi connectivity index (χ2v) is 7.27. The van der Waals surface area contributed by atoms with Gasteiger partial charge in [-0.05, 0) is 56.4 Å². The molecule has 0 aliphatic carbocycles. The van der Waals surface area contributed by atoms with E-state index in [1.54, 1.807) is 0 Å². The number of hydrogen-bond acceptors (Lipinski definition) is 4. The summed E-state index contributed by atoms with van der Waals surface area (Å²) in [6, 6.07) is 0.705. The second-order valence-electron chi connectivity index (χ2n) is 5.18. The number of thioether (sulfide) groups is 2. The van der Waals surface area contributed by atoms with Crippen molar-refractivity contribution in [3.05, 3.63) is 0 Å². The first-order valence-corrected chi connectivity index (χ1v) is 9.34. The summed E-state index contributed by atoms with van der Waals surface area (Å²) in [6.07, 6.45) is 8.56. The molecule has 0 aromatic rings. The van der Waals surface area contributed by atoms with Crippen molar-refractivity contribution in [3.8, 4) is 0 Å². The van der Waals surface area contributed by atoms with E-state index in [2.05, 4.69) is 23.3 Å². The van der Waals surface area contributed by atoms with Crippen LogP contribution in [0.3, 0.4) is 0 Å². The molecular weight excluding hydrogens is 250 g/mol. The van der Waals surface area contributed by atoms with Crippen LogP contribution in [0.4, 0.5) is 0 Å². The molecule has 4 heteroatoms. The Labute approximate surface area is 114 Å². The smallest absolute Gasteiger partial charge is 0.0795 e. The Bertz CT molecular complexity index is 219. The Morgan fingerprint density at radius 2 is 2.41 bits per heavy atom. The largest absolute Gasteiger partial charge is 0.374 e. The van der Waals surface area contributed by atoms with Crippen LogP contribution < -0.4 is 5.32 Å². The van der Waals surface area contributed by atoms with Gasteiger partial charge in [-0.15, -0.1) is 0 Å². The summed E-state index contributed by atoms with van der Waals surface area (Å²) in [5.74, 6) is 3.81. The lowest BCUT2D eigenvalue weighted by atomic mass is 9.90. The molecule has 2 unspecified atom stereocenters. The van der Waals surface area contributed by atoms with Crippen molar-refractivity contribution in [2.24, 2.45) is 0 Å². The van der Waals surface area contributed by atoms with Crippen molar-refractivity contribution in [1.29, 1.82) is 0 Å². The maximum atomic E-state index is 6.04. The lowest BCUT2D eigenvalue weighted by Crippen LogP contribution is -2.47. The van der Waals surface area contributed by atoms with Gasteiger partial charge in [-0.2, -0.15) is 23.5 Å². The molecule has 2 atom stereocenters. The molecule has 100 valence electrons. The summed E-state index contributed by atoms with van der Waals surface area (Å²) < 4.78 is 6.04. The van der Waals surface area contributed by atoms with E-state index in [1.165, 1.54) is 55.9 Å². The Hall–Kier alpha value is 0.620. The maximum absolute atomic E-state index is 6.04. The predicted octanol–water partition coefficient (Wildman–Crippen LogP) is 2.77. The third kappa shape index (κ3) is 4.34. The molecule has 0 aromatic heterocycles. The minimum absolute atomic E-state index is 0.236. The lowest BCUT2D eigenvalue weighted by Gasteiger charge is -2.38. The van der Waals surface area contributed by atoms with Gasteiger partial charge in [0.2, 0.25) is 0 Å². The molecule has 2 nitrogen and oxygen atoms in total. The molecule has 2 aliphatic rings. The monoisotopic (exact) mass is 275 g/mol. The minimum Gasteiger partial charge on any atom is -0.374 e. The summed E-state index contributed by atoms with van der Waals surface area (Å²) >= 11 is 4.01. The lowest BCUT2D eigenvalue weighted by molar-refractivity contribution is -0.0700. The van der Waals surface area contributed by atoms with Crippen molar-refractivity contribution in [2.75, 3.05) is 36.7 Å². The highest BCUT2D eigenvalue weighted by atomic mass is 32.2. The first-order chi connectivity index (χ1) is 8.35. The zero-order valence-corrected chi connectivity index (χ0v) is 12.5. The van der Waals surface area contributed by atoms with Crippen LogP contribution in [0.15, 0.2) is 0 Å². The number of hydrogen-bond donors (Lipinski definition) is 1. The van der Waals surface area contributed by atoms with E-state index >= 15 is 0 Å². The first kappa shape index (κ1) is 14.0. The summed E-state index contributed by atoms with van der Waals surface area (Å²) in [4.78, 5) is 0. The molecule has 2 fully saturated rings. The van der Waals surface area contributed by atoms with Crippen molar-refractivity contribution in [2.45, 2.75) is 43.7 Å². The third-order valence-corrected chi connectivity index (χ3v) is 5.69. The Morgan fingerprint density at radius 3 is 3.18 bits per heavy atom. The van der Waals surface area contributed by atoms with Crippen molar-refractivity contribution < 1.29 is 4.74 Å². The highest BCUT2D eigenvalue weighted by Crippen LogP contribution is 2.38. The second kappa shape index (κ2) is 7.27. The molecule has 0 radical (unpaired) electrons. The highest BCUT2D eigenvalue weighted by Gasteiger charge is 2.40. The first-order valence-electron chi connectivity index (χ1n) is 6.79. The number of ether oxygens (including phenoxy) is 1. The van der Waals surface area contributed by atoms with E-state index in [9.17, 15) is 0 Å². The maximum Gasteiger partial charge on any atom is 0.0795 e. The molecule has 2 aliphatic heterocycles. The molecule has 0 amide bonds. The Balaban J connectivity index is 1.63. The van der Waals surface area contributed by atoms with Crippen LogP contribution in [-0.4, -0.2) is 48.3 Å². The van der Waals surface area contributed by atoms with Crippen LogP contribution in [0.25, 0.3) is 0 Å². The average molecular weight is 275 g/mol. The van der Waals surface area contributed by atoms with E-state index in [-0.39, 0.29) is 5.60 Å². The normalized spacial score (nSPS) is 33.4. The van der Waals surface area contributed by atoms with Crippen LogP contribution in [0.1, 0.15) is 32.1 Å². The highest BCUT2D eigenvalue weighted by molar-refractivity contribution is 7.99. The number of unbranched alkanes of at least 4 members (excludes halogenated alkanes) is 1. The van der Waals surface area contributed by atoms with Gasteiger partial charge >= 0.3 is 0 Å².